The Morgan fingerprint density at radius 3 is 2.61 bits per heavy atom. The van der Waals surface area contributed by atoms with Crippen molar-refractivity contribution in [1.29, 1.82) is 0 Å². The van der Waals surface area contributed by atoms with Gasteiger partial charge in [-0.2, -0.15) is 0 Å². The SMILES string of the molecule is Cc1ccc([C@H]2Cn3cnc(C(=O)N4CCC(C(=O)NCc5cc(F)ccc5F)CC4)c3CO2)cc1. The number of nitrogens with one attached hydrogen (secondary N) is 1. The molecule has 0 saturated carbocycles. The van der Waals surface area contributed by atoms with Gasteiger partial charge in [-0.05, 0) is 43.5 Å². The fraction of sp³-hybridized carbons (Fsp3) is 0.370. The van der Waals surface area contributed by atoms with Crippen molar-refractivity contribution in [3.8, 4) is 0 Å². The molecule has 188 valence electrons. The van der Waals surface area contributed by atoms with Crippen LogP contribution in [0.5, 0.6) is 0 Å². The standard InChI is InChI=1S/C27H28F2N4O3/c1-17-2-4-18(5-3-17)24-14-33-16-31-25(23(33)15-36-24)27(35)32-10-8-19(9-11-32)26(34)30-13-20-12-21(28)6-7-22(20)29/h2-7,12,16,19,24H,8-11,13-15H2,1H3,(H,30,34)/t24-/m1/s1. The summed E-state index contributed by atoms with van der Waals surface area (Å²) in [5, 5.41) is 2.69. The number of carbonyl (C=O) groups is 2. The van der Waals surface area contributed by atoms with Crippen molar-refractivity contribution in [3.05, 3.63) is 88.5 Å². The Morgan fingerprint density at radius 2 is 1.86 bits per heavy atom. The van der Waals surface area contributed by atoms with Crippen molar-refractivity contribution in [2.45, 2.75) is 45.6 Å². The smallest absolute Gasteiger partial charge is 0.274 e. The second-order valence-electron chi connectivity index (χ2n) is 9.42. The number of benzene rings is 2. The van der Waals surface area contributed by atoms with E-state index in [0.29, 0.717) is 44.8 Å². The van der Waals surface area contributed by atoms with Crippen LogP contribution in [-0.4, -0.2) is 39.4 Å². The van der Waals surface area contributed by atoms with Gasteiger partial charge in [0.25, 0.3) is 5.91 Å². The first-order valence-corrected chi connectivity index (χ1v) is 12.1. The number of nitrogens with zero attached hydrogens (tertiary/aromatic N) is 3. The molecule has 2 amide bonds. The Hall–Kier alpha value is -3.59. The van der Waals surface area contributed by atoms with Crippen LogP contribution < -0.4 is 5.32 Å². The molecule has 0 unspecified atom stereocenters. The highest BCUT2D eigenvalue weighted by Crippen LogP contribution is 2.29. The summed E-state index contributed by atoms with van der Waals surface area (Å²) in [6.07, 6.45) is 2.58. The van der Waals surface area contributed by atoms with Gasteiger partial charge >= 0.3 is 0 Å². The van der Waals surface area contributed by atoms with Crippen LogP contribution in [0.15, 0.2) is 48.8 Å². The van der Waals surface area contributed by atoms with E-state index in [1.165, 1.54) is 5.56 Å². The Kier molecular flexibility index (Phi) is 6.82. The first-order chi connectivity index (χ1) is 17.4. The maximum absolute atomic E-state index is 13.8. The molecule has 2 aromatic carbocycles. The van der Waals surface area contributed by atoms with E-state index >= 15 is 0 Å². The van der Waals surface area contributed by atoms with Crippen LogP contribution in [0, 0.1) is 24.5 Å². The molecule has 9 heteroatoms. The van der Waals surface area contributed by atoms with E-state index in [1.54, 1.807) is 11.2 Å². The zero-order valence-corrected chi connectivity index (χ0v) is 20.0. The summed E-state index contributed by atoms with van der Waals surface area (Å²) >= 11 is 0. The molecule has 3 aromatic rings. The Bertz CT molecular complexity index is 1270. The largest absolute Gasteiger partial charge is 0.365 e. The lowest BCUT2D eigenvalue weighted by Crippen LogP contribution is -2.43. The van der Waals surface area contributed by atoms with E-state index in [4.69, 9.17) is 4.74 Å². The van der Waals surface area contributed by atoms with Crippen molar-refractivity contribution in [2.24, 2.45) is 5.92 Å². The lowest BCUT2D eigenvalue weighted by Gasteiger charge is -2.31. The molecule has 36 heavy (non-hydrogen) atoms. The minimum Gasteiger partial charge on any atom is -0.365 e. The van der Waals surface area contributed by atoms with Gasteiger partial charge < -0.3 is 19.5 Å². The number of piperidine rings is 1. The summed E-state index contributed by atoms with van der Waals surface area (Å²) in [4.78, 5) is 31.9. The van der Waals surface area contributed by atoms with Crippen molar-refractivity contribution in [2.75, 3.05) is 13.1 Å². The van der Waals surface area contributed by atoms with Gasteiger partial charge in [-0.25, -0.2) is 13.8 Å². The Balaban J connectivity index is 1.15. The molecule has 0 radical (unpaired) electrons. The van der Waals surface area contributed by atoms with Crippen molar-refractivity contribution in [3.63, 3.8) is 0 Å². The number of amides is 2. The summed E-state index contributed by atoms with van der Waals surface area (Å²) < 4.78 is 35.2. The van der Waals surface area contributed by atoms with Crippen molar-refractivity contribution < 1.29 is 23.1 Å². The number of aromatic nitrogens is 2. The van der Waals surface area contributed by atoms with Crippen LogP contribution >= 0.6 is 0 Å². The number of ether oxygens (including phenoxy) is 1. The van der Waals surface area contributed by atoms with Gasteiger partial charge in [0.1, 0.15) is 17.7 Å². The van der Waals surface area contributed by atoms with Gasteiger partial charge in [-0.3, -0.25) is 9.59 Å². The number of rotatable bonds is 5. The second kappa shape index (κ2) is 10.2. The highest BCUT2D eigenvalue weighted by atomic mass is 19.1. The predicted molar refractivity (Wildman–Crippen MR) is 128 cm³/mol. The normalized spacial score (nSPS) is 18.1. The van der Waals surface area contributed by atoms with Crippen LogP contribution in [0.3, 0.4) is 0 Å². The third kappa shape index (κ3) is 5.02. The molecular weight excluding hydrogens is 466 g/mol. The maximum atomic E-state index is 13.8. The van der Waals surface area contributed by atoms with Crippen LogP contribution in [0.25, 0.3) is 0 Å². The number of hydrogen-bond acceptors (Lipinski definition) is 4. The minimum atomic E-state index is -0.560. The first-order valence-electron chi connectivity index (χ1n) is 12.1. The fourth-order valence-corrected chi connectivity index (χ4v) is 4.79. The van der Waals surface area contributed by atoms with Gasteiger partial charge in [0.05, 0.1) is 25.2 Å². The van der Waals surface area contributed by atoms with Gasteiger partial charge in [0, 0.05) is 31.1 Å². The number of fused-ring (bicyclic) bond motifs is 1. The molecule has 1 N–H and O–H groups in total. The summed E-state index contributed by atoms with van der Waals surface area (Å²) in [6.45, 7) is 3.70. The summed E-state index contributed by atoms with van der Waals surface area (Å²) in [6, 6.07) is 11.4. The van der Waals surface area contributed by atoms with E-state index in [9.17, 15) is 18.4 Å². The molecule has 5 rings (SSSR count). The summed E-state index contributed by atoms with van der Waals surface area (Å²) in [5.74, 6) is -1.79. The molecule has 0 spiro atoms. The molecule has 3 heterocycles. The molecule has 1 aromatic heterocycles. The monoisotopic (exact) mass is 494 g/mol. The number of hydrogen-bond donors (Lipinski definition) is 1. The van der Waals surface area contributed by atoms with Crippen molar-refractivity contribution in [1.82, 2.24) is 19.8 Å². The third-order valence-corrected chi connectivity index (χ3v) is 7.00. The maximum Gasteiger partial charge on any atom is 0.274 e. The van der Waals surface area contributed by atoms with Crippen LogP contribution in [0.4, 0.5) is 8.78 Å². The molecule has 2 aliphatic rings. The summed E-state index contributed by atoms with van der Waals surface area (Å²) in [5.41, 5.74) is 3.54. The molecule has 1 fully saturated rings. The molecule has 0 aliphatic carbocycles. The average Bonchev–Trinajstić information content (AvgIpc) is 3.32. The van der Waals surface area contributed by atoms with Gasteiger partial charge in [-0.15, -0.1) is 0 Å². The highest BCUT2D eigenvalue weighted by molar-refractivity contribution is 5.93. The topological polar surface area (TPSA) is 76.5 Å². The lowest BCUT2D eigenvalue weighted by molar-refractivity contribution is -0.126. The zero-order valence-electron chi connectivity index (χ0n) is 20.0. The summed E-state index contributed by atoms with van der Waals surface area (Å²) in [7, 11) is 0. The molecule has 2 aliphatic heterocycles. The van der Waals surface area contributed by atoms with E-state index in [-0.39, 0.29) is 35.9 Å². The molecule has 0 bridgehead atoms. The zero-order chi connectivity index (χ0) is 25.2. The van der Waals surface area contributed by atoms with E-state index in [2.05, 4.69) is 34.6 Å². The highest BCUT2D eigenvalue weighted by Gasteiger charge is 2.32. The fourth-order valence-electron chi connectivity index (χ4n) is 4.79. The quantitative estimate of drug-likeness (QED) is 0.584. The molecular formula is C27H28F2N4O3. The number of carbonyl (C=O) groups excluding carboxylic acids is 2. The van der Waals surface area contributed by atoms with Crippen LogP contribution in [0.2, 0.25) is 0 Å². The second-order valence-corrected chi connectivity index (χ2v) is 9.42. The average molecular weight is 495 g/mol. The molecule has 7 nitrogen and oxygen atoms in total. The first kappa shape index (κ1) is 24.1. The Labute approximate surface area is 208 Å². The number of likely N-dealkylation sites (tertiary alicyclic amines) is 1. The third-order valence-electron chi connectivity index (χ3n) is 7.00. The van der Waals surface area contributed by atoms with Gasteiger partial charge in [-0.1, -0.05) is 29.8 Å². The number of imidazole rings is 1. The van der Waals surface area contributed by atoms with E-state index < -0.39 is 11.6 Å². The van der Waals surface area contributed by atoms with Crippen molar-refractivity contribution >= 4 is 11.8 Å². The minimum absolute atomic E-state index is 0.0774. The van der Waals surface area contributed by atoms with Crippen LogP contribution in [-0.2, 0) is 29.2 Å². The van der Waals surface area contributed by atoms with E-state index in [0.717, 1.165) is 29.5 Å². The Morgan fingerprint density at radius 1 is 1.11 bits per heavy atom. The lowest BCUT2D eigenvalue weighted by atomic mass is 9.95. The number of aryl methyl sites for hydroxylation is 1. The number of halogens is 2. The molecule has 1 saturated heterocycles. The van der Waals surface area contributed by atoms with Gasteiger partial charge in [0.15, 0.2) is 5.69 Å². The van der Waals surface area contributed by atoms with Gasteiger partial charge in [0.2, 0.25) is 5.91 Å². The van der Waals surface area contributed by atoms with Crippen LogP contribution in [0.1, 0.15) is 51.8 Å². The van der Waals surface area contributed by atoms with E-state index in [1.807, 2.05) is 11.5 Å². The molecule has 1 atom stereocenters. The predicted octanol–water partition coefficient (Wildman–Crippen LogP) is 3.91.